The summed E-state index contributed by atoms with van der Waals surface area (Å²) >= 11 is 11.9. The first kappa shape index (κ1) is 20.3. The van der Waals surface area contributed by atoms with Crippen molar-refractivity contribution in [1.82, 2.24) is 10.2 Å². The van der Waals surface area contributed by atoms with Crippen molar-refractivity contribution in [3.05, 3.63) is 28.2 Å². The fourth-order valence-corrected chi connectivity index (χ4v) is 4.32. The standard InChI is InChI=1S/C20H26Cl2N2O3/c21-15-6-7-18(17(22)12-15)27-13-19(25)23-16-8-10-24(11-9-16)20(26)14-4-2-1-3-5-14/h6-7,12,14,16H,1-5,8-11,13H2,(H,23,25). The van der Waals surface area contributed by atoms with Crippen molar-refractivity contribution in [3.8, 4) is 5.75 Å². The molecular weight excluding hydrogens is 387 g/mol. The van der Waals surface area contributed by atoms with Gasteiger partial charge in [0.1, 0.15) is 5.75 Å². The lowest BCUT2D eigenvalue weighted by molar-refractivity contribution is -0.137. The zero-order chi connectivity index (χ0) is 19.2. The topological polar surface area (TPSA) is 58.6 Å². The van der Waals surface area contributed by atoms with E-state index in [2.05, 4.69) is 5.32 Å². The van der Waals surface area contributed by atoms with Crippen molar-refractivity contribution in [2.45, 2.75) is 51.0 Å². The van der Waals surface area contributed by atoms with Gasteiger partial charge in [0.2, 0.25) is 5.91 Å². The van der Waals surface area contributed by atoms with E-state index >= 15 is 0 Å². The number of halogens is 2. The minimum Gasteiger partial charge on any atom is -0.482 e. The quantitative estimate of drug-likeness (QED) is 0.792. The molecule has 148 valence electrons. The van der Waals surface area contributed by atoms with Gasteiger partial charge in [-0.15, -0.1) is 0 Å². The first-order chi connectivity index (χ1) is 13.0. The smallest absolute Gasteiger partial charge is 0.258 e. The summed E-state index contributed by atoms with van der Waals surface area (Å²) < 4.78 is 5.47. The van der Waals surface area contributed by atoms with Crippen LogP contribution in [0, 0.1) is 5.92 Å². The first-order valence-electron chi connectivity index (χ1n) is 9.69. The summed E-state index contributed by atoms with van der Waals surface area (Å²) in [6.07, 6.45) is 7.21. The van der Waals surface area contributed by atoms with Crippen LogP contribution in [0.5, 0.6) is 5.75 Å². The number of carbonyl (C=O) groups excluding carboxylic acids is 2. The molecule has 1 heterocycles. The molecular formula is C20H26Cl2N2O3. The van der Waals surface area contributed by atoms with Gasteiger partial charge in [-0.1, -0.05) is 42.5 Å². The van der Waals surface area contributed by atoms with Crippen LogP contribution in [-0.2, 0) is 9.59 Å². The number of carbonyl (C=O) groups is 2. The molecule has 1 saturated carbocycles. The number of nitrogens with one attached hydrogen (secondary N) is 1. The van der Waals surface area contributed by atoms with Gasteiger partial charge in [0.05, 0.1) is 5.02 Å². The van der Waals surface area contributed by atoms with Crippen LogP contribution < -0.4 is 10.1 Å². The summed E-state index contributed by atoms with van der Waals surface area (Å²) in [7, 11) is 0. The molecule has 1 N–H and O–H groups in total. The second kappa shape index (κ2) is 9.65. The lowest BCUT2D eigenvalue weighted by atomic mass is 9.87. The number of ether oxygens (including phenoxy) is 1. The maximum atomic E-state index is 12.6. The van der Waals surface area contributed by atoms with E-state index in [1.165, 1.54) is 19.3 Å². The summed E-state index contributed by atoms with van der Waals surface area (Å²) in [6.45, 7) is 1.33. The van der Waals surface area contributed by atoms with E-state index in [0.717, 1.165) is 25.7 Å². The van der Waals surface area contributed by atoms with Crippen LogP contribution in [-0.4, -0.2) is 42.5 Å². The Morgan fingerprint density at radius 3 is 2.44 bits per heavy atom. The van der Waals surface area contributed by atoms with Crippen molar-refractivity contribution < 1.29 is 14.3 Å². The number of hydrogen-bond acceptors (Lipinski definition) is 3. The Morgan fingerprint density at radius 1 is 1.07 bits per heavy atom. The maximum Gasteiger partial charge on any atom is 0.258 e. The molecule has 7 heteroatoms. The Balaban J connectivity index is 1.39. The monoisotopic (exact) mass is 412 g/mol. The van der Waals surface area contributed by atoms with E-state index in [1.54, 1.807) is 18.2 Å². The number of piperidine rings is 1. The van der Waals surface area contributed by atoms with Gasteiger partial charge in [-0.3, -0.25) is 9.59 Å². The molecule has 2 fully saturated rings. The molecule has 27 heavy (non-hydrogen) atoms. The molecule has 3 rings (SSSR count). The molecule has 0 radical (unpaired) electrons. The van der Waals surface area contributed by atoms with E-state index in [-0.39, 0.29) is 24.5 Å². The van der Waals surface area contributed by atoms with Crippen LogP contribution in [0.3, 0.4) is 0 Å². The number of amides is 2. The molecule has 2 aliphatic rings. The highest BCUT2D eigenvalue weighted by atomic mass is 35.5. The van der Waals surface area contributed by atoms with Crippen molar-refractivity contribution in [2.75, 3.05) is 19.7 Å². The highest BCUT2D eigenvalue weighted by Gasteiger charge is 2.29. The van der Waals surface area contributed by atoms with Crippen LogP contribution in [0.2, 0.25) is 10.0 Å². The summed E-state index contributed by atoms with van der Waals surface area (Å²) in [5.74, 6) is 0.768. The summed E-state index contributed by atoms with van der Waals surface area (Å²) in [4.78, 5) is 26.7. The number of rotatable bonds is 5. The van der Waals surface area contributed by atoms with Gasteiger partial charge in [0.25, 0.3) is 5.91 Å². The summed E-state index contributed by atoms with van der Waals surface area (Å²) in [5.41, 5.74) is 0. The van der Waals surface area contributed by atoms with Crippen LogP contribution in [0.25, 0.3) is 0 Å². The van der Waals surface area contributed by atoms with E-state index < -0.39 is 0 Å². The van der Waals surface area contributed by atoms with E-state index in [0.29, 0.717) is 34.8 Å². The second-order valence-electron chi connectivity index (χ2n) is 7.37. The Bertz CT molecular complexity index is 669. The van der Waals surface area contributed by atoms with Crippen molar-refractivity contribution in [3.63, 3.8) is 0 Å². The van der Waals surface area contributed by atoms with Crippen LogP contribution in [0.15, 0.2) is 18.2 Å². The van der Waals surface area contributed by atoms with Crippen LogP contribution in [0.4, 0.5) is 0 Å². The van der Waals surface area contributed by atoms with E-state index in [9.17, 15) is 9.59 Å². The lowest BCUT2D eigenvalue weighted by Gasteiger charge is -2.35. The predicted molar refractivity (Wildman–Crippen MR) is 106 cm³/mol. The Kier molecular flexibility index (Phi) is 7.25. The number of benzene rings is 1. The average molecular weight is 413 g/mol. The molecule has 1 aromatic carbocycles. The van der Waals surface area contributed by atoms with Gasteiger partial charge < -0.3 is 15.0 Å². The highest BCUT2D eigenvalue weighted by Crippen LogP contribution is 2.28. The molecule has 0 spiro atoms. The Hall–Kier alpha value is -1.46. The van der Waals surface area contributed by atoms with Crippen LogP contribution in [0.1, 0.15) is 44.9 Å². The molecule has 1 aliphatic heterocycles. The van der Waals surface area contributed by atoms with Crippen molar-refractivity contribution in [1.29, 1.82) is 0 Å². The molecule has 1 saturated heterocycles. The number of likely N-dealkylation sites (tertiary alicyclic amines) is 1. The van der Waals surface area contributed by atoms with Gasteiger partial charge in [0, 0.05) is 30.1 Å². The largest absolute Gasteiger partial charge is 0.482 e. The summed E-state index contributed by atoms with van der Waals surface area (Å²) in [6, 6.07) is 4.97. The van der Waals surface area contributed by atoms with E-state index in [4.69, 9.17) is 27.9 Å². The van der Waals surface area contributed by atoms with Crippen molar-refractivity contribution in [2.24, 2.45) is 5.92 Å². The number of hydrogen-bond donors (Lipinski definition) is 1. The Morgan fingerprint density at radius 2 is 1.78 bits per heavy atom. The summed E-state index contributed by atoms with van der Waals surface area (Å²) in [5, 5.41) is 3.89. The normalized spacial score (nSPS) is 19.0. The van der Waals surface area contributed by atoms with Gasteiger partial charge in [-0.25, -0.2) is 0 Å². The molecule has 2 amide bonds. The van der Waals surface area contributed by atoms with Gasteiger partial charge in [-0.05, 0) is 43.9 Å². The molecule has 1 aromatic rings. The molecule has 0 aromatic heterocycles. The highest BCUT2D eigenvalue weighted by molar-refractivity contribution is 6.35. The average Bonchev–Trinajstić information content (AvgIpc) is 2.68. The lowest BCUT2D eigenvalue weighted by Crippen LogP contribution is -2.49. The van der Waals surface area contributed by atoms with Gasteiger partial charge in [0.15, 0.2) is 6.61 Å². The zero-order valence-electron chi connectivity index (χ0n) is 15.4. The van der Waals surface area contributed by atoms with Gasteiger partial charge >= 0.3 is 0 Å². The minimum absolute atomic E-state index is 0.0807. The molecule has 1 aliphatic carbocycles. The third-order valence-electron chi connectivity index (χ3n) is 5.38. The predicted octanol–water partition coefficient (Wildman–Crippen LogP) is 4.06. The van der Waals surface area contributed by atoms with Crippen LogP contribution >= 0.6 is 23.2 Å². The molecule has 0 atom stereocenters. The maximum absolute atomic E-state index is 12.6. The fraction of sp³-hybridized carbons (Fsp3) is 0.600. The second-order valence-corrected chi connectivity index (χ2v) is 8.21. The minimum atomic E-state index is -0.182. The molecule has 0 unspecified atom stereocenters. The number of nitrogens with zero attached hydrogens (tertiary/aromatic N) is 1. The third kappa shape index (κ3) is 5.76. The van der Waals surface area contributed by atoms with E-state index in [1.807, 2.05) is 4.90 Å². The fourth-order valence-electron chi connectivity index (χ4n) is 3.86. The molecule has 0 bridgehead atoms. The Labute approximate surface area is 170 Å². The van der Waals surface area contributed by atoms with Crippen molar-refractivity contribution >= 4 is 35.0 Å². The SMILES string of the molecule is O=C(COc1ccc(Cl)cc1Cl)NC1CCN(C(=O)C2CCCCC2)CC1. The first-order valence-corrected chi connectivity index (χ1v) is 10.4. The third-order valence-corrected chi connectivity index (χ3v) is 5.91. The van der Waals surface area contributed by atoms with Gasteiger partial charge in [-0.2, -0.15) is 0 Å². The zero-order valence-corrected chi connectivity index (χ0v) is 16.9. The molecule has 5 nitrogen and oxygen atoms in total.